The van der Waals surface area contributed by atoms with Crippen molar-refractivity contribution in [2.24, 2.45) is 0 Å². The molecule has 0 radical (unpaired) electrons. The molecule has 9 heteroatoms. The highest BCUT2D eigenvalue weighted by Gasteiger charge is 2.22. The van der Waals surface area contributed by atoms with Crippen molar-refractivity contribution in [2.75, 3.05) is 44.7 Å². The number of hydrogen-bond acceptors (Lipinski definition) is 8. The molecule has 28 heavy (non-hydrogen) atoms. The van der Waals surface area contributed by atoms with Crippen LogP contribution in [0.2, 0.25) is 0 Å². The molecule has 0 saturated carbocycles. The second-order valence-electron chi connectivity index (χ2n) is 6.60. The third-order valence-electron chi connectivity index (χ3n) is 4.95. The number of hydrogen-bond donors (Lipinski definition) is 1. The first-order chi connectivity index (χ1) is 13.7. The summed E-state index contributed by atoms with van der Waals surface area (Å²) in [4.78, 5) is 11.4. The van der Waals surface area contributed by atoms with E-state index in [4.69, 9.17) is 14.2 Å². The van der Waals surface area contributed by atoms with Crippen molar-refractivity contribution in [1.82, 2.24) is 19.6 Å². The molecule has 1 aromatic carbocycles. The van der Waals surface area contributed by atoms with Crippen LogP contribution in [0.15, 0.2) is 30.6 Å². The molecule has 3 aromatic rings. The molecule has 3 heterocycles. The van der Waals surface area contributed by atoms with Crippen molar-refractivity contribution in [3.05, 3.63) is 30.6 Å². The maximum atomic E-state index is 5.47. The van der Waals surface area contributed by atoms with Gasteiger partial charge in [0.15, 0.2) is 23.0 Å². The molecule has 9 nitrogen and oxygen atoms in total. The molecular formula is C19H24N6O3. The lowest BCUT2D eigenvalue weighted by atomic mass is 10.1. The van der Waals surface area contributed by atoms with Crippen LogP contribution in [0.3, 0.4) is 0 Å². The number of fused-ring (bicyclic) bond motifs is 1. The molecule has 2 aromatic heterocycles. The highest BCUT2D eigenvalue weighted by atomic mass is 16.5. The van der Waals surface area contributed by atoms with E-state index < -0.39 is 0 Å². The average Bonchev–Trinajstić information content (AvgIpc) is 3.16. The molecule has 1 fully saturated rings. The van der Waals surface area contributed by atoms with Gasteiger partial charge in [-0.2, -0.15) is 4.98 Å². The Bertz CT molecular complexity index is 954. The van der Waals surface area contributed by atoms with E-state index in [0.29, 0.717) is 29.1 Å². The van der Waals surface area contributed by atoms with Gasteiger partial charge in [0.05, 0.1) is 14.2 Å². The summed E-state index contributed by atoms with van der Waals surface area (Å²) in [6.07, 6.45) is 5.49. The summed E-state index contributed by atoms with van der Waals surface area (Å²) in [5.41, 5.74) is 1.51. The number of nitrogens with one attached hydrogen (secondary N) is 1. The molecule has 0 aliphatic carbocycles. The van der Waals surface area contributed by atoms with Gasteiger partial charge in [-0.15, -0.1) is 5.10 Å². The zero-order valence-corrected chi connectivity index (χ0v) is 16.3. The summed E-state index contributed by atoms with van der Waals surface area (Å²) in [5, 5.41) is 7.75. The summed E-state index contributed by atoms with van der Waals surface area (Å²) < 4.78 is 17.8. The molecule has 1 aliphatic heterocycles. The van der Waals surface area contributed by atoms with Crippen molar-refractivity contribution < 1.29 is 14.2 Å². The predicted molar refractivity (Wildman–Crippen MR) is 106 cm³/mol. The zero-order valence-electron chi connectivity index (χ0n) is 16.3. The van der Waals surface area contributed by atoms with Gasteiger partial charge in [0.2, 0.25) is 5.95 Å². The second-order valence-corrected chi connectivity index (χ2v) is 6.60. The molecule has 0 unspecified atom stereocenters. The minimum atomic E-state index is 0.381. The van der Waals surface area contributed by atoms with Crippen molar-refractivity contribution in [3.63, 3.8) is 0 Å². The van der Waals surface area contributed by atoms with E-state index in [2.05, 4.69) is 32.3 Å². The van der Waals surface area contributed by atoms with Crippen LogP contribution in [0.4, 0.5) is 17.5 Å². The Morgan fingerprint density at radius 1 is 1.18 bits per heavy atom. The van der Waals surface area contributed by atoms with Gasteiger partial charge in [-0.05, 0) is 25.0 Å². The molecule has 0 spiro atoms. The molecule has 1 aliphatic rings. The number of ether oxygens (including phenoxy) is 3. The second kappa shape index (κ2) is 7.89. The third kappa shape index (κ3) is 3.53. The van der Waals surface area contributed by atoms with E-state index in [-0.39, 0.29) is 0 Å². The Balaban J connectivity index is 1.61. The van der Waals surface area contributed by atoms with Crippen LogP contribution in [-0.4, -0.2) is 60.1 Å². The van der Waals surface area contributed by atoms with Crippen LogP contribution in [0.25, 0.3) is 5.65 Å². The lowest BCUT2D eigenvalue weighted by Gasteiger charge is -2.31. The van der Waals surface area contributed by atoms with Crippen LogP contribution in [0.5, 0.6) is 11.5 Å². The first-order valence-corrected chi connectivity index (χ1v) is 9.20. The van der Waals surface area contributed by atoms with Gasteiger partial charge < -0.3 is 24.4 Å². The van der Waals surface area contributed by atoms with Crippen molar-refractivity contribution in [1.29, 1.82) is 0 Å². The van der Waals surface area contributed by atoms with E-state index in [0.717, 1.165) is 37.6 Å². The zero-order chi connectivity index (χ0) is 19.5. The molecule has 4 rings (SSSR count). The number of methoxy groups -OCH3 is 2. The predicted octanol–water partition coefficient (Wildman–Crippen LogP) is 2.50. The standard InChI is InChI=1S/C19H24N6O3/c1-24(14-6-10-28-11-7-14)17-18-22-19(23-25(18)9-8-20-17)21-13-4-5-15(26-2)16(12-13)27-3/h4-5,8-9,12,14H,6-7,10-11H2,1-3H3,(H,21,23). The average molecular weight is 384 g/mol. The summed E-state index contributed by atoms with van der Waals surface area (Å²) >= 11 is 0. The number of nitrogens with zero attached hydrogens (tertiary/aromatic N) is 5. The normalized spacial score (nSPS) is 14.8. The molecule has 0 atom stereocenters. The first kappa shape index (κ1) is 18.3. The summed E-state index contributed by atoms with van der Waals surface area (Å²) in [6.45, 7) is 1.55. The van der Waals surface area contributed by atoms with E-state index in [1.807, 2.05) is 18.2 Å². The Morgan fingerprint density at radius 2 is 1.96 bits per heavy atom. The van der Waals surface area contributed by atoms with Gasteiger partial charge in [-0.1, -0.05) is 0 Å². The molecule has 0 amide bonds. The van der Waals surface area contributed by atoms with E-state index in [1.54, 1.807) is 31.1 Å². The quantitative estimate of drug-likeness (QED) is 0.694. The third-order valence-corrected chi connectivity index (χ3v) is 4.95. The Labute approximate surface area is 163 Å². The topological polar surface area (TPSA) is 86.0 Å². The summed E-state index contributed by atoms with van der Waals surface area (Å²) in [6, 6.07) is 5.95. The molecular weight excluding hydrogens is 360 g/mol. The minimum Gasteiger partial charge on any atom is -0.493 e. The lowest BCUT2D eigenvalue weighted by molar-refractivity contribution is 0.0854. The molecule has 0 bridgehead atoms. The van der Waals surface area contributed by atoms with Crippen LogP contribution in [0, 0.1) is 0 Å². The lowest BCUT2D eigenvalue weighted by Crippen LogP contribution is -2.37. The minimum absolute atomic E-state index is 0.381. The van der Waals surface area contributed by atoms with Crippen LogP contribution in [-0.2, 0) is 4.74 Å². The van der Waals surface area contributed by atoms with E-state index in [9.17, 15) is 0 Å². The van der Waals surface area contributed by atoms with Crippen LogP contribution in [0.1, 0.15) is 12.8 Å². The van der Waals surface area contributed by atoms with E-state index >= 15 is 0 Å². The number of anilines is 3. The largest absolute Gasteiger partial charge is 0.493 e. The van der Waals surface area contributed by atoms with Crippen LogP contribution < -0.4 is 19.7 Å². The highest BCUT2D eigenvalue weighted by molar-refractivity contribution is 5.67. The van der Waals surface area contributed by atoms with Crippen molar-refractivity contribution in [2.45, 2.75) is 18.9 Å². The van der Waals surface area contributed by atoms with Gasteiger partial charge in [-0.25, -0.2) is 9.50 Å². The fourth-order valence-corrected chi connectivity index (χ4v) is 3.39. The van der Waals surface area contributed by atoms with Gasteiger partial charge in [0, 0.05) is 50.5 Å². The number of aromatic nitrogens is 4. The maximum Gasteiger partial charge on any atom is 0.247 e. The molecule has 1 N–H and O–H groups in total. The fraction of sp³-hybridized carbons (Fsp3) is 0.421. The van der Waals surface area contributed by atoms with Crippen molar-refractivity contribution in [3.8, 4) is 11.5 Å². The van der Waals surface area contributed by atoms with E-state index in [1.165, 1.54) is 0 Å². The summed E-state index contributed by atoms with van der Waals surface area (Å²) in [7, 11) is 5.27. The van der Waals surface area contributed by atoms with Gasteiger partial charge in [-0.3, -0.25) is 0 Å². The van der Waals surface area contributed by atoms with Gasteiger partial charge >= 0.3 is 0 Å². The van der Waals surface area contributed by atoms with Gasteiger partial charge in [0.25, 0.3) is 0 Å². The maximum absolute atomic E-state index is 5.47. The van der Waals surface area contributed by atoms with Crippen LogP contribution >= 0.6 is 0 Å². The Hall–Kier alpha value is -3.07. The highest BCUT2D eigenvalue weighted by Crippen LogP contribution is 2.31. The first-order valence-electron chi connectivity index (χ1n) is 9.20. The smallest absolute Gasteiger partial charge is 0.247 e. The number of benzene rings is 1. The fourth-order valence-electron chi connectivity index (χ4n) is 3.39. The molecule has 1 saturated heterocycles. The van der Waals surface area contributed by atoms with Gasteiger partial charge in [0.1, 0.15) is 0 Å². The Kier molecular flexibility index (Phi) is 5.16. The monoisotopic (exact) mass is 384 g/mol. The van der Waals surface area contributed by atoms with Crippen molar-refractivity contribution >= 4 is 23.1 Å². The summed E-state index contributed by atoms with van der Waals surface area (Å²) in [5.74, 6) is 2.60. The number of rotatable bonds is 6. The molecule has 148 valence electrons. The Morgan fingerprint density at radius 3 is 2.71 bits per heavy atom. The SMILES string of the molecule is COc1ccc(Nc2nc3c(N(C)C4CCOCC4)nccn3n2)cc1OC.